The topological polar surface area (TPSA) is 25.5 Å². The first-order valence-electron chi connectivity index (χ1n) is 9.29. The predicted molar refractivity (Wildman–Crippen MR) is 103 cm³/mol. The van der Waals surface area contributed by atoms with Gasteiger partial charge in [-0.25, -0.2) is 0 Å². The maximum atomic E-state index is 3.52. The lowest BCUT2D eigenvalue weighted by molar-refractivity contribution is 0.130. The zero-order valence-corrected chi connectivity index (χ0v) is 15.5. The van der Waals surface area contributed by atoms with Crippen molar-refractivity contribution in [3.8, 4) is 0 Å². The molecule has 0 saturated carbocycles. The summed E-state index contributed by atoms with van der Waals surface area (Å²) in [5.74, 6) is 0. The number of fused-ring (bicyclic) bond motifs is 1. The summed E-state index contributed by atoms with van der Waals surface area (Å²) in [5, 5.41) is 1.40. The van der Waals surface area contributed by atoms with Crippen molar-refractivity contribution in [2.24, 2.45) is 0 Å². The summed E-state index contributed by atoms with van der Waals surface area (Å²) in [4.78, 5) is 11.1. The first kappa shape index (κ1) is 17.5. The van der Waals surface area contributed by atoms with Gasteiger partial charge in [0.1, 0.15) is 0 Å². The lowest BCUT2D eigenvalue weighted by Crippen LogP contribution is -2.47. The molecule has 1 fully saturated rings. The molecule has 0 spiro atoms. The molecule has 1 aromatic heterocycles. The molecule has 4 heteroatoms. The number of rotatable bonds is 7. The minimum atomic E-state index is 1.15. The molecule has 24 heavy (non-hydrogen) atoms. The summed E-state index contributed by atoms with van der Waals surface area (Å²) in [6.45, 7) is 10.7. The lowest BCUT2D eigenvalue weighted by Gasteiger charge is -2.34. The molecule has 0 amide bonds. The summed E-state index contributed by atoms with van der Waals surface area (Å²) in [6, 6.07) is 8.68. The molecule has 1 saturated heterocycles. The summed E-state index contributed by atoms with van der Waals surface area (Å²) in [6.07, 6.45) is 2.43. The van der Waals surface area contributed by atoms with Crippen molar-refractivity contribution < 1.29 is 0 Å². The second-order valence-electron chi connectivity index (χ2n) is 7.36. The maximum absolute atomic E-state index is 3.52. The highest BCUT2D eigenvalue weighted by Crippen LogP contribution is 2.22. The number of nitrogens with one attached hydrogen (secondary N) is 1. The molecule has 4 nitrogen and oxygen atoms in total. The van der Waals surface area contributed by atoms with Gasteiger partial charge >= 0.3 is 0 Å². The molecular weight excluding hydrogens is 296 g/mol. The Morgan fingerprint density at radius 3 is 2.38 bits per heavy atom. The van der Waals surface area contributed by atoms with Gasteiger partial charge in [0.15, 0.2) is 0 Å². The van der Waals surface area contributed by atoms with Crippen LogP contribution in [0, 0.1) is 6.92 Å². The van der Waals surface area contributed by atoms with Gasteiger partial charge in [0, 0.05) is 49.3 Å². The Hall–Kier alpha value is -1.36. The van der Waals surface area contributed by atoms with Crippen LogP contribution in [-0.2, 0) is 6.42 Å². The van der Waals surface area contributed by atoms with Gasteiger partial charge in [0.05, 0.1) is 0 Å². The van der Waals surface area contributed by atoms with Crippen molar-refractivity contribution in [3.05, 3.63) is 35.5 Å². The van der Waals surface area contributed by atoms with E-state index in [1.807, 2.05) is 0 Å². The van der Waals surface area contributed by atoms with E-state index in [2.05, 4.69) is 65.0 Å². The molecule has 1 aliphatic rings. The van der Waals surface area contributed by atoms with Gasteiger partial charge in [-0.1, -0.05) is 18.2 Å². The third-order valence-corrected chi connectivity index (χ3v) is 5.25. The number of H-pyrrole nitrogens is 1. The standard InChI is InChI=1S/C20H32N4/c1-17-18(19-7-4-5-8-20(19)21-17)9-12-24-15-13-23(14-16-24)11-6-10-22(2)3/h4-5,7-8,21H,6,9-16H2,1-3H3. The number of para-hydroxylation sites is 1. The smallest absolute Gasteiger partial charge is 0.0458 e. The number of aromatic nitrogens is 1. The van der Waals surface area contributed by atoms with E-state index in [0.717, 1.165) is 6.42 Å². The third kappa shape index (κ3) is 4.38. The fraction of sp³-hybridized carbons (Fsp3) is 0.600. The van der Waals surface area contributed by atoms with Gasteiger partial charge in [0.2, 0.25) is 0 Å². The number of nitrogens with zero attached hydrogens (tertiary/aromatic N) is 3. The van der Waals surface area contributed by atoms with E-state index in [9.17, 15) is 0 Å². The Balaban J connectivity index is 1.46. The van der Waals surface area contributed by atoms with Crippen LogP contribution in [0.4, 0.5) is 0 Å². The van der Waals surface area contributed by atoms with Crippen LogP contribution in [0.3, 0.4) is 0 Å². The Morgan fingerprint density at radius 2 is 1.67 bits per heavy atom. The number of benzene rings is 1. The minimum Gasteiger partial charge on any atom is -0.358 e. The fourth-order valence-corrected chi connectivity index (χ4v) is 3.77. The predicted octanol–water partition coefficient (Wildman–Crippen LogP) is 2.59. The van der Waals surface area contributed by atoms with Crippen LogP contribution in [0.5, 0.6) is 0 Å². The van der Waals surface area contributed by atoms with E-state index in [0.29, 0.717) is 0 Å². The Labute approximate surface area is 146 Å². The van der Waals surface area contributed by atoms with Gasteiger partial charge < -0.3 is 19.7 Å². The Kier molecular flexibility index (Phi) is 5.93. The second kappa shape index (κ2) is 8.15. The molecule has 0 aliphatic carbocycles. The van der Waals surface area contributed by atoms with Crippen molar-refractivity contribution in [1.82, 2.24) is 19.7 Å². The van der Waals surface area contributed by atoms with E-state index in [1.165, 1.54) is 74.4 Å². The SMILES string of the molecule is Cc1[nH]c2ccccc2c1CCN1CCN(CCCN(C)C)CC1. The molecule has 1 N–H and O–H groups in total. The Morgan fingerprint density at radius 1 is 1.00 bits per heavy atom. The molecule has 2 aromatic rings. The largest absolute Gasteiger partial charge is 0.358 e. The summed E-state index contributed by atoms with van der Waals surface area (Å²) >= 11 is 0. The average molecular weight is 329 g/mol. The average Bonchev–Trinajstić information content (AvgIpc) is 2.89. The highest BCUT2D eigenvalue weighted by atomic mass is 15.3. The lowest BCUT2D eigenvalue weighted by atomic mass is 10.1. The fourth-order valence-electron chi connectivity index (χ4n) is 3.77. The maximum Gasteiger partial charge on any atom is 0.0458 e. The van der Waals surface area contributed by atoms with E-state index in [4.69, 9.17) is 0 Å². The van der Waals surface area contributed by atoms with Gasteiger partial charge in [-0.3, -0.25) is 0 Å². The summed E-state index contributed by atoms with van der Waals surface area (Å²) in [5.41, 5.74) is 4.10. The van der Waals surface area contributed by atoms with E-state index in [1.54, 1.807) is 0 Å². The van der Waals surface area contributed by atoms with Crippen LogP contribution >= 0.6 is 0 Å². The normalized spacial score (nSPS) is 17.2. The second-order valence-corrected chi connectivity index (χ2v) is 7.36. The van der Waals surface area contributed by atoms with Crippen molar-refractivity contribution in [3.63, 3.8) is 0 Å². The van der Waals surface area contributed by atoms with Crippen LogP contribution < -0.4 is 0 Å². The molecule has 2 heterocycles. The first-order chi connectivity index (χ1) is 11.6. The molecular formula is C20H32N4. The van der Waals surface area contributed by atoms with Gasteiger partial charge in [-0.2, -0.15) is 0 Å². The van der Waals surface area contributed by atoms with Crippen molar-refractivity contribution in [2.45, 2.75) is 19.8 Å². The molecule has 1 aliphatic heterocycles. The summed E-state index contributed by atoms with van der Waals surface area (Å²) < 4.78 is 0. The van der Waals surface area contributed by atoms with Crippen LogP contribution in [0.25, 0.3) is 10.9 Å². The zero-order chi connectivity index (χ0) is 16.9. The molecule has 0 unspecified atom stereocenters. The molecule has 3 rings (SSSR count). The van der Waals surface area contributed by atoms with Crippen LogP contribution in [0.15, 0.2) is 24.3 Å². The molecule has 0 radical (unpaired) electrons. The van der Waals surface area contributed by atoms with Crippen molar-refractivity contribution in [2.75, 3.05) is 59.9 Å². The van der Waals surface area contributed by atoms with E-state index in [-0.39, 0.29) is 0 Å². The van der Waals surface area contributed by atoms with Crippen molar-refractivity contribution in [1.29, 1.82) is 0 Å². The number of hydrogen-bond acceptors (Lipinski definition) is 3. The molecule has 132 valence electrons. The highest BCUT2D eigenvalue weighted by molar-refractivity contribution is 5.84. The van der Waals surface area contributed by atoms with E-state index < -0.39 is 0 Å². The molecule has 0 bridgehead atoms. The van der Waals surface area contributed by atoms with E-state index >= 15 is 0 Å². The van der Waals surface area contributed by atoms with Crippen molar-refractivity contribution >= 4 is 10.9 Å². The highest BCUT2D eigenvalue weighted by Gasteiger charge is 2.17. The Bertz CT molecular complexity index is 638. The summed E-state index contributed by atoms with van der Waals surface area (Å²) in [7, 11) is 4.31. The van der Waals surface area contributed by atoms with Crippen LogP contribution in [0.2, 0.25) is 0 Å². The number of aromatic amines is 1. The first-order valence-corrected chi connectivity index (χ1v) is 9.29. The number of piperazine rings is 1. The van der Waals surface area contributed by atoms with Crippen LogP contribution in [0.1, 0.15) is 17.7 Å². The molecule has 1 aromatic carbocycles. The zero-order valence-electron chi connectivity index (χ0n) is 15.5. The van der Waals surface area contributed by atoms with Gasteiger partial charge in [-0.05, 0) is 58.6 Å². The van der Waals surface area contributed by atoms with Crippen LogP contribution in [-0.4, -0.2) is 79.6 Å². The minimum absolute atomic E-state index is 1.15. The number of hydrogen-bond donors (Lipinski definition) is 1. The van der Waals surface area contributed by atoms with Gasteiger partial charge in [0.25, 0.3) is 0 Å². The quantitative estimate of drug-likeness (QED) is 0.846. The van der Waals surface area contributed by atoms with Gasteiger partial charge in [-0.15, -0.1) is 0 Å². The third-order valence-electron chi connectivity index (χ3n) is 5.25. The number of aryl methyl sites for hydroxylation is 1. The molecule has 0 atom stereocenters. The monoisotopic (exact) mass is 328 g/mol.